The molecule has 0 aliphatic heterocycles. The summed E-state index contributed by atoms with van der Waals surface area (Å²) in [6.45, 7) is 0. The van der Waals surface area contributed by atoms with Crippen molar-refractivity contribution in [3.05, 3.63) is 175 Å². The van der Waals surface area contributed by atoms with Crippen LogP contribution < -0.4 is 0 Å². The highest BCUT2D eigenvalue weighted by molar-refractivity contribution is 6.15. The van der Waals surface area contributed by atoms with E-state index in [1.54, 1.807) is 5.56 Å². The van der Waals surface area contributed by atoms with Crippen molar-refractivity contribution in [2.45, 2.75) is 43.9 Å². The maximum absolute atomic E-state index is 6.81. The lowest BCUT2D eigenvalue weighted by Crippen LogP contribution is -2.48. The summed E-state index contributed by atoms with van der Waals surface area (Å²) in [5.74, 6) is 4.60. The van der Waals surface area contributed by atoms with Crippen LogP contribution in [0.2, 0.25) is 0 Å². The van der Waals surface area contributed by atoms with Crippen LogP contribution in [0.25, 0.3) is 89.5 Å². The fourth-order valence-electron chi connectivity index (χ4n) is 11.4. The zero-order valence-corrected chi connectivity index (χ0v) is 32.9. The topological polar surface area (TPSA) is 51.8 Å². The molecule has 0 amide bonds. The molecule has 0 unspecified atom stereocenters. The lowest BCUT2D eigenvalue weighted by molar-refractivity contribution is -0.00518. The molecule has 4 fully saturated rings. The van der Waals surface area contributed by atoms with Crippen molar-refractivity contribution < 1.29 is 4.42 Å². The predicted octanol–water partition coefficient (Wildman–Crippen LogP) is 14.2. The van der Waals surface area contributed by atoms with Crippen LogP contribution in [-0.4, -0.2) is 15.0 Å². The minimum atomic E-state index is 0.382. The van der Waals surface area contributed by atoms with Gasteiger partial charge in [0.15, 0.2) is 17.5 Å². The van der Waals surface area contributed by atoms with Crippen LogP contribution in [0.1, 0.15) is 44.1 Å². The maximum atomic E-state index is 6.81. The minimum absolute atomic E-state index is 0.382. The number of para-hydroxylation sites is 1. The van der Waals surface area contributed by atoms with Gasteiger partial charge in [0, 0.05) is 21.9 Å². The molecular weight excluding hydrogens is 719 g/mol. The van der Waals surface area contributed by atoms with Gasteiger partial charge >= 0.3 is 0 Å². The highest BCUT2D eigenvalue weighted by Crippen LogP contribution is 2.61. The van der Waals surface area contributed by atoms with E-state index in [0.717, 1.165) is 67.5 Å². The van der Waals surface area contributed by atoms with Crippen LogP contribution in [0.3, 0.4) is 0 Å². The molecule has 4 saturated carbocycles. The number of hydrogen-bond donors (Lipinski definition) is 0. The third kappa shape index (κ3) is 6.00. The summed E-state index contributed by atoms with van der Waals surface area (Å²) in [5.41, 5.74) is 13.3. The fourth-order valence-corrected chi connectivity index (χ4v) is 11.4. The van der Waals surface area contributed by atoms with Gasteiger partial charge in [0.1, 0.15) is 11.2 Å². The molecule has 59 heavy (non-hydrogen) atoms. The zero-order valence-electron chi connectivity index (χ0n) is 32.9. The maximum Gasteiger partial charge on any atom is 0.167 e. The van der Waals surface area contributed by atoms with E-state index in [2.05, 4.69) is 158 Å². The van der Waals surface area contributed by atoms with E-state index in [-0.39, 0.29) is 0 Å². The SMILES string of the molecule is c1ccc(-c2ccc(-c3nc(-c4ccc(-c5ccccc5)cc4)nc(-c4cccc5c4oc4cccc(-c6ccc(C78CC9CC(CC(C9)C7)C8)cc6)c45)n3)cc2)cc1. The molecule has 7 aromatic carbocycles. The molecule has 2 aromatic heterocycles. The summed E-state index contributed by atoms with van der Waals surface area (Å²) in [5, 5.41) is 2.18. The third-order valence-electron chi connectivity index (χ3n) is 13.7. The average Bonchev–Trinajstić information content (AvgIpc) is 3.69. The Labute approximate surface area is 344 Å². The van der Waals surface area contributed by atoms with E-state index >= 15 is 0 Å². The largest absolute Gasteiger partial charge is 0.455 e. The highest BCUT2D eigenvalue weighted by Gasteiger charge is 2.51. The molecule has 4 aliphatic carbocycles. The van der Waals surface area contributed by atoms with Crippen molar-refractivity contribution in [3.63, 3.8) is 0 Å². The first kappa shape index (κ1) is 34.4. The van der Waals surface area contributed by atoms with Crippen molar-refractivity contribution in [3.8, 4) is 67.5 Å². The second kappa shape index (κ2) is 13.7. The van der Waals surface area contributed by atoms with Crippen LogP contribution in [-0.2, 0) is 5.41 Å². The van der Waals surface area contributed by atoms with Crippen LogP contribution in [0.5, 0.6) is 0 Å². The van der Waals surface area contributed by atoms with Gasteiger partial charge in [-0.1, -0.05) is 158 Å². The first-order valence-electron chi connectivity index (χ1n) is 21.3. The van der Waals surface area contributed by atoms with Crippen molar-refractivity contribution in [1.29, 1.82) is 0 Å². The summed E-state index contributed by atoms with van der Waals surface area (Å²) in [6, 6.07) is 60.2. The lowest BCUT2D eigenvalue weighted by atomic mass is 9.48. The normalized spacial score (nSPS) is 20.7. The Balaban J connectivity index is 0.956. The Morgan fingerprint density at radius 3 is 1.41 bits per heavy atom. The van der Waals surface area contributed by atoms with E-state index < -0.39 is 0 Å². The number of fused-ring (bicyclic) bond motifs is 3. The van der Waals surface area contributed by atoms with Crippen LogP contribution >= 0.6 is 0 Å². The van der Waals surface area contributed by atoms with Crippen molar-refractivity contribution >= 4 is 21.9 Å². The first-order chi connectivity index (χ1) is 29.1. The van der Waals surface area contributed by atoms with Gasteiger partial charge in [0.05, 0.1) is 5.56 Å². The molecule has 2 heterocycles. The number of hydrogen-bond acceptors (Lipinski definition) is 4. The Morgan fingerprint density at radius 1 is 0.390 bits per heavy atom. The number of nitrogens with zero attached hydrogens (tertiary/aromatic N) is 3. The number of furan rings is 1. The molecule has 4 bridgehead atoms. The number of rotatable bonds is 7. The van der Waals surface area contributed by atoms with Crippen LogP contribution in [0.15, 0.2) is 174 Å². The quantitative estimate of drug-likeness (QED) is 0.162. The molecule has 13 rings (SSSR count). The molecule has 9 aromatic rings. The Hall–Kier alpha value is -6.65. The Kier molecular flexibility index (Phi) is 8.01. The van der Waals surface area contributed by atoms with E-state index in [4.69, 9.17) is 19.4 Å². The monoisotopic (exact) mass is 761 g/mol. The number of benzene rings is 7. The molecule has 4 nitrogen and oxygen atoms in total. The van der Waals surface area contributed by atoms with Gasteiger partial charge in [0.25, 0.3) is 0 Å². The summed E-state index contributed by atoms with van der Waals surface area (Å²) in [7, 11) is 0. The minimum Gasteiger partial charge on any atom is -0.455 e. The smallest absolute Gasteiger partial charge is 0.167 e. The first-order valence-corrected chi connectivity index (χ1v) is 21.3. The molecule has 0 radical (unpaired) electrons. The molecule has 4 aliphatic rings. The Bertz CT molecular complexity index is 2850. The van der Waals surface area contributed by atoms with E-state index in [1.807, 2.05) is 12.1 Å². The zero-order chi connectivity index (χ0) is 38.9. The lowest BCUT2D eigenvalue weighted by Gasteiger charge is -2.57. The summed E-state index contributed by atoms with van der Waals surface area (Å²) >= 11 is 0. The molecule has 4 heteroatoms. The van der Waals surface area contributed by atoms with Crippen molar-refractivity contribution in [1.82, 2.24) is 15.0 Å². The van der Waals surface area contributed by atoms with Gasteiger partial charge in [-0.2, -0.15) is 0 Å². The van der Waals surface area contributed by atoms with Gasteiger partial charge in [-0.3, -0.25) is 0 Å². The molecule has 0 atom stereocenters. The predicted molar refractivity (Wildman–Crippen MR) is 240 cm³/mol. The summed E-state index contributed by atoms with van der Waals surface area (Å²) in [4.78, 5) is 15.4. The van der Waals surface area contributed by atoms with E-state index in [1.165, 1.54) is 60.8 Å². The van der Waals surface area contributed by atoms with Gasteiger partial charge in [-0.15, -0.1) is 0 Å². The van der Waals surface area contributed by atoms with Crippen LogP contribution in [0, 0.1) is 17.8 Å². The molecule has 284 valence electrons. The van der Waals surface area contributed by atoms with E-state index in [0.29, 0.717) is 22.9 Å². The van der Waals surface area contributed by atoms with Crippen molar-refractivity contribution in [2.75, 3.05) is 0 Å². The average molecular weight is 762 g/mol. The summed E-state index contributed by atoms with van der Waals surface area (Å²) in [6.07, 6.45) is 8.52. The fraction of sp³-hybridized carbons (Fsp3) is 0.182. The second-order valence-electron chi connectivity index (χ2n) is 17.4. The molecule has 0 N–H and O–H groups in total. The molecule has 0 saturated heterocycles. The molecule has 0 spiro atoms. The number of aromatic nitrogens is 3. The molecular formula is C55H43N3O. The van der Waals surface area contributed by atoms with Gasteiger partial charge < -0.3 is 4.42 Å². The Morgan fingerprint density at radius 2 is 0.847 bits per heavy atom. The van der Waals surface area contributed by atoms with Gasteiger partial charge in [-0.05, 0) is 113 Å². The van der Waals surface area contributed by atoms with Crippen LogP contribution in [0.4, 0.5) is 0 Å². The van der Waals surface area contributed by atoms with Gasteiger partial charge in [0.2, 0.25) is 0 Å². The standard InChI is InChI=1S/C55H43N3O/c1-3-9-38(10-4-1)40-17-21-43(22-18-40)52-56-53(44-23-19-41(20-24-44)39-11-5-2-6-12-39)58-54(57-52)48-15-7-14-47-50-46(13-8-16-49(50)59-51(47)48)42-25-27-45(28-26-42)55-32-35-29-36(33-55)31-37(30-35)34-55/h1-28,35-37H,29-34H2. The second-order valence-corrected chi connectivity index (χ2v) is 17.4. The summed E-state index contributed by atoms with van der Waals surface area (Å²) < 4.78 is 6.81. The third-order valence-corrected chi connectivity index (χ3v) is 13.7. The highest BCUT2D eigenvalue weighted by atomic mass is 16.3. The van der Waals surface area contributed by atoms with E-state index in [9.17, 15) is 0 Å². The van der Waals surface area contributed by atoms with Crippen molar-refractivity contribution in [2.24, 2.45) is 17.8 Å². The van der Waals surface area contributed by atoms with Gasteiger partial charge in [-0.25, -0.2) is 15.0 Å².